The van der Waals surface area contributed by atoms with Crippen LogP contribution in [0.25, 0.3) is 0 Å². The molecule has 1 aromatic rings. The molecule has 2 aliphatic heterocycles. The number of hydrogen-bond acceptors (Lipinski definition) is 6. The molecule has 1 saturated heterocycles. The van der Waals surface area contributed by atoms with E-state index in [1.54, 1.807) is 12.1 Å². The summed E-state index contributed by atoms with van der Waals surface area (Å²) in [5, 5.41) is 4.69. The Hall–Kier alpha value is -2.29. The SMILES string of the molecule is Cl.NCCC(=O)NC(=O)c1cccc2c1CN(C1CCC(=O)NC1=O)C2. The van der Waals surface area contributed by atoms with Crippen molar-refractivity contribution in [2.24, 2.45) is 5.73 Å². The fourth-order valence-electron chi connectivity index (χ4n) is 3.30. The fraction of sp³-hybridized carbons (Fsp3) is 0.412. The number of piperidine rings is 1. The molecular weight excluding hydrogens is 360 g/mol. The molecule has 0 saturated carbocycles. The number of carbonyl (C=O) groups is 4. The summed E-state index contributed by atoms with van der Waals surface area (Å²) >= 11 is 0. The maximum absolute atomic E-state index is 12.4. The number of carbonyl (C=O) groups excluding carboxylic acids is 4. The van der Waals surface area contributed by atoms with Gasteiger partial charge in [-0.2, -0.15) is 0 Å². The van der Waals surface area contributed by atoms with Crippen LogP contribution < -0.4 is 16.4 Å². The van der Waals surface area contributed by atoms with E-state index in [2.05, 4.69) is 10.6 Å². The van der Waals surface area contributed by atoms with Gasteiger partial charge in [0.25, 0.3) is 5.91 Å². The predicted molar refractivity (Wildman–Crippen MR) is 95.3 cm³/mol. The van der Waals surface area contributed by atoms with Gasteiger partial charge in [0.2, 0.25) is 17.7 Å². The second-order valence-electron chi connectivity index (χ2n) is 6.23. The summed E-state index contributed by atoms with van der Waals surface area (Å²) in [5.41, 5.74) is 7.50. The Morgan fingerprint density at radius 2 is 2.04 bits per heavy atom. The zero-order valence-electron chi connectivity index (χ0n) is 14.1. The van der Waals surface area contributed by atoms with E-state index < -0.39 is 11.8 Å². The molecule has 0 spiro atoms. The van der Waals surface area contributed by atoms with E-state index in [9.17, 15) is 19.2 Å². The standard InChI is InChI=1S/C17H20N4O4.ClH/c18-7-6-15(23)19-16(24)11-3-1-2-10-8-21(9-12(10)11)13-4-5-14(22)20-17(13)25;/h1-3,13H,4-9,18H2,(H,19,23,24)(H,20,22,25);1H. The molecule has 0 aliphatic carbocycles. The Labute approximate surface area is 156 Å². The minimum absolute atomic E-state index is 0. The normalized spacial score (nSPS) is 19.3. The molecule has 26 heavy (non-hydrogen) atoms. The fourth-order valence-corrected chi connectivity index (χ4v) is 3.30. The van der Waals surface area contributed by atoms with E-state index in [0.717, 1.165) is 11.1 Å². The van der Waals surface area contributed by atoms with Crippen molar-refractivity contribution in [3.8, 4) is 0 Å². The summed E-state index contributed by atoms with van der Waals surface area (Å²) in [6, 6.07) is 4.94. The molecule has 140 valence electrons. The highest BCUT2D eigenvalue weighted by Crippen LogP contribution is 2.29. The summed E-state index contributed by atoms with van der Waals surface area (Å²) in [6.07, 6.45) is 0.864. The summed E-state index contributed by atoms with van der Waals surface area (Å²) in [5.74, 6) is -1.42. The highest BCUT2D eigenvalue weighted by atomic mass is 35.5. The van der Waals surface area contributed by atoms with Gasteiger partial charge >= 0.3 is 0 Å². The number of nitrogens with one attached hydrogen (secondary N) is 2. The maximum atomic E-state index is 12.4. The number of imide groups is 2. The predicted octanol–water partition coefficient (Wildman–Crippen LogP) is -0.166. The number of nitrogens with two attached hydrogens (primary N) is 1. The minimum atomic E-state index is -0.458. The number of amides is 4. The summed E-state index contributed by atoms with van der Waals surface area (Å²) in [6.45, 7) is 1.13. The van der Waals surface area contributed by atoms with Gasteiger partial charge in [0.05, 0.1) is 6.04 Å². The summed E-state index contributed by atoms with van der Waals surface area (Å²) in [4.78, 5) is 49.3. The minimum Gasteiger partial charge on any atom is -0.330 e. The number of halogens is 1. The van der Waals surface area contributed by atoms with Gasteiger partial charge in [-0.15, -0.1) is 12.4 Å². The van der Waals surface area contributed by atoms with Gasteiger partial charge in [-0.1, -0.05) is 12.1 Å². The number of benzene rings is 1. The summed E-state index contributed by atoms with van der Waals surface area (Å²) < 4.78 is 0. The van der Waals surface area contributed by atoms with E-state index in [4.69, 9.17) is 5.73 Å². The third-order valence-electron chi connectivity index (χ3n) is 4.53. The lowest BCUT2D eigenvalue weighted by atomic mass is 10.0. The van der Waals surface area contributed by atoms with Crippen molar-refractivity contribution < 1.29 is 19.2 Å². The van der Waals surface area contributed by atoms with Crippen LogP contribution in [-0.4, -0.2) is 41.1 Å². The monoisotopic (exact) mass is 380 g/mol. The number of hydrogen-bond donors (Lipinski definition) is 3. The van der Waals surface area contributed by atoms with Gasteiger partial charge in [-0.25, -0.2) is 0 Å². The molecule has 4 amide bonds. The molecule has 0 bridgehead atoms. The zero-order valence-corrected chi connectivity index (χ0v) is 14.9. The van der Waals surface area contributed by atoms with E-state index in [-0.39, 0.29) is 43.2 Å². The van der Waals surface area contributed by atoms with Crippen molar-refractivity contribution >= 4 is 36.0 Å². The van der Waals surface area contributed by atoms with Crippen molar-refractivity contribution in [2.75, 3.05) is 6.54 Å². The van der Waals surface area contributed by atoms with Gasteiger partial charge < -0.3 is 5.73 Å². The van der Waals surface area contributed by atoms with Gasteiger partial charge in [0, 0.05) is 38.0 Å². The number of nitrogens with zero attached hydrogens (tertiary/aromatic N) is 1. The van der Waals surface area contributed by atoms with Crippen LogP contribution in [0.4, 0.5) is 0 Å². The average molecular weight is 381 g/mol. The zero-order chi connectivity index (χ0) is 18.0. The molecule has 0 radical (unpaired) electrons. The first-order valence-corrected chi connectivity index (χ1v) is 8.22. The molecule has 1 fully saturated rings. The first-order chi connectivity index (χ1) is 12.0. The topological polar surface area (TPSA) is 122 Å². The van der Waals surface area contributed by atoms with Crippen LogP contribution in [-0.2, 0) is 27.5 Å². The van der Waals surface area contributed by atoms with Crippen LogP contribution in [0.2, 0.25) is 0 Å². The molecule has 1 atom stereocenters. The highest BCUT2D eigenvalue weighted by molar-refractivity contribution is 6.06. The van der Waals surface area contributed by atoms with Crippen LogP contribution in [0.5, 0.6) is 0 Å². The van der Waals surface area contributed by atoms with Gasteiger partial charge in [-0.05, 0) is 23.6 Å². The Balaban J connectivity index is 0.00000243. The van der Waals surface area contributed by atoms with Crippen LogP contribution in [0, 0.1) is 0 Å². The smallest absolute Gasteiger partial charge is 0.258 e. The van der Waals surface area contributed by atoms with Crippen molar-refractivity contribution in [1.82, 2.24) is 15.5 Å². The Morgan fingerprint density at radius 3 is 2.73 bits per heavy atom. The van der Waals surface area contributed by atoms with E-state index in [0.29, 0.717) is 31.5 Å². The third-order valence-corrected chi connectivity index (χ3v) is 4.53. The van der Waals surface area contributed by atoms with Crippen LogP contribution in [0.1, 0.15) is 40.7 Å². The number of fused-ring (bicyclic) bond motifs is 1. The van der Waals surface area contributed by atoms with Crippen LogP contribution >= 0.6 is 12.4 Å². The Kier molecular flexibility index (Phi) is 6.47. The molecule has 4 N–H and O–H groups in total. The molecule has 1 unspecified atom stereocenters. The van der Waals surface area contributed by atoms with E-state index >= 15 is 0 Å². The third kappa shape index (κ3) is 4.09. The van der Waals surface area contributed by atoms with Crippen molar-refractivity contribution in [1.29, 1.82) is 0 Å². The van der Waals surface area contributed by atoms with Gasteiger partial charge in [0.1, 0.15) is 0 Å². The van der Waals surface area contributed by atoms with E-state index in [1.807, 2.05) is 11.0 Å². The van der Waals surface area contributed by atoms with Crippen LogP contribution in [0.15, 0.2) is 18.2 Å². The largest absolute Gasteiger partial charge is 0.330 e. The maximum Gasteiger partial charge on any atom is 0.258 e. The highest BCUT2D eigenvalue weighted by Gasteiger charge is 2.35. The molecule has 2 aliphatic rings. The molecule has 8 nitrogen and oxygen atoms in total. The lowest BCUT2D eigenvalue weighted by molar-refractivity contribution is -0.137. The van der Waals surface area contributed by atoms with Crippen molar-refractivity contribution in [3.05, 3.63) is 34.9 Å². The molecule has 3 rings (SSSR count). The first kappa shape index (κ1) is 20.0. The Bertz CT molecular complexity index is 752. The second kappa shape index (κ2) is 8.39. The van der Waals surface area contributed by atoms with Gasteiger partial charge in [0.15, 0.2) is 0 Å². The average Bonchev–Trinajstić information content (AvgIpc) is 2.98. The Morgan fingerprint density at radius 1 is 1.27 bits per heavy atom. The molecule has 0 aromatic heterocycles. The van der Waals surface area contributed by atoms with Crippen molar-refractivity contribution in [3.63, 3.8) is 0 Å². The lowest BCUT2D eigenvalue weighted by Crippen LogP contribution is -2.50. The molecule has 2 heterocycles. The molecular formula is C17H21ClN4O4. The lowest BCUT2D eigenvalue weighted by Gasteiger charge is -2.29. The van der Waals surface area contributed by atoms with Crippen LogP contribution in [0.3, 0.4) is 0 Å². The van der Waals surface area contributed by atoms with Crippen molar-refractivity contribution in [2.45, 2.75) is 38.4 Å². The van der Waals surface area contributed by atoms with E-state index in [1.165, 1.54) is 0 Å². The number of rotatable bonds is 4. The summed E-state index contributed by atoms with van der Waals surface area (Å²) in [7, 11) is 0. The first-order valence-electron chi connectivity index (χ1n) is 8.22. The molecule has 9 heteroatoms. The quantitative estimate of drug-likeness (QED) is 0.624. The molecule has 1 aromatic carbocycles. The van der Waals surface area contributed by atoms with Gasteiger partial charge in [-0.3, -0.25) is 34.7 Å². The second-order valence-corrected chi connectivity index (χ2v) is 6.23.